The highest BCUT2D eigenvalue weighted by Gasteiger charge is 2.40. The Morgan fingerprint density at radius 1 is 0.857 bits per heavy atom. The molecule has 3 aromatic carbocycles. The fraction of sp³-hybridized carbons (Fsp3) is 0.174. The van der Waals surface area contributed by atoms with Crippen molar-refractivity contribution in [3.8, 4) is 17.2 Å². The summed E-state index contributed by atoms with van der Waals surface area (Å²) in [6.07, 6.45) is 0. The first-order valence-corrected chi connectivity index (χ1v) is 10.1. The quantitative estimate of drug-likeness (QED) is 0.563. The molecule has 0 saturated carbocycles. The van der Waals surface area contributed by atoms with Gasteiger partial charge in [0.2, 0.25) is 5.91 Å². The molecule has 1 fully saturated rings. The Balaban J connectivity index is 1.62. The summed E-state index contributed by atoms with van der Waals surface area (Å²) in [5, 5.41) is -0.222. The van der Waals surface area contributed by atoms with Crippen LogP contribution < -0.4 is 14.4 Å². The van der Waals surface area contributed by atoms with Gasteiger partial charge in [-0.25, -0.2) is 0 Å². The predicted octanol–water partition coefficient (Wildman–Crippen LogP) is 5.65. The van der Waals surface area contributed by atoms with E-state index in [4.69, 9.17) is 9.47 Å². The van der Waals surface area contributed by atoms with Crippen molar-refractivity contribution >= 4 is 23.4 Å². The number of methoxy groups -OCH3 is 1. The standard InChI is InChI=1S/C23H21NO3S/c1-16-22(25)24(20-10-6-7-11-21(20)26-2)23(28-16)17-12-14-19(15-13-17)27-18-8-4-3-5-9-18/h3-16,23H,1-2H3/t16-,23+/m1/s1. The van der Waals surface area contributed by atoms with E-state index in [-0.39, 0.29) is 16.5 Å². The third-order valence-electron chi connectivity index (χ3n) is 4.64. The molecule has 142 valence electrons. The number of thioether (sulfide) groups is 1. The lowest BCUT2D eigenvalue weighted by Gasteiger charge is -2.26. The lowest BCUT2D eigenvalue weighted by atomic mass is 10.1. The molecule has 0 spiro atoms. The Kier molecular flexibility index (Phi) is 5.26. The molecular weight excluding hydrogens is 370 g/mol. The second-order valence-corrected chi connectivity index (χ2v) is 7.92. The summed E-state index contributed by atoms with van der Waals surface area (Å²) in [7, 11) is 1.63. The van der Waals surface area contributed by atoms with Crippen LogP contribution in [0.1, 0.15) is 17.9 Å². The number of para-hydroxylation sites is 3. The lowest BCUT2D eigenvalue weighted by Crippen LogP contribution is -2.30. The first-order valence-electron chi connectivity index (χ1n) is 9.12. The van der Waals surface area contributed by atoms with E-state index >= 15 is 0 Å². The zero-order valence-electron chi connectivity index (χ0n) is 15.7. The van der Waals surface area contributed by atoms with E-state index in [0.717, 1.165) is 22.7 Å². The van der Waals surface area contributed by atoms with Gasteiger partial charge in [0, 0.05) is 0 Å². The van der Waals surface area contributed by atoms with Crippen LogP contribution in [0.5, 0.6) is 17.2 Å². The average Bonchev–Trinajstić information content (AvgIpc) is 3.03. The van der Waals surface area contributed by atoms with Gasteiger partial charge in [-0.3, -0.25) is 9.69 Å². The summed E-state index contributed by atoms with van der Waals surface area (Å²) in [4.78, 5) is 14.7. The SMILES string of the molecule is COc1ccccc1N1C(=O)[C@@H](C)S[C@H]1c1ccc(Oc2ccccc2)cc1. The second kappa shape index (κ2) is 7.98. The number of hydrogen-bond acceptors (Lipinski definition) is 4. The molecule has 0 aromatic heterocycles. The fourth-order valence-electron chi connectivity index (χ4n) is 3.25. The summed E-state index contributed by atoms with van der Waals surface area (Å²) in [6, 6.07) is 25.2. The number of hydrogen-bond donors (Lipinski definition) is 0. The van der Waals surface area contributed by atoms with Gasteiger partial charge >= 0.3 is 0 Å². The van der Waals surface area contributed by atoms with Crippen LogP contribution in [0.3, 0.4) is 0 Å². The van der Waals surface area contributed by atoms with E-state index < -0.39 is 0 Å². The highest BCUT2D eigenvalue weighted by atomic mass is 32.2. The maximum Gasteiger partial charge on any atom is 0.241 e. The Morgan fingerprint density at radius 3 is 2.21 bits per heavy atom. The van der Waals surface area contributed by atoms with Crippen molar-refractivity contribution in [2.75, 3.05) is 12.0 Å². The van der Waals surface area contributed by atoms with Gasteiger partial charge in [0.25, 0.3) is 0 Å². The van der Waals surface area contributed by atoms with E-state index in [0.29, 0.717) is 5.75 Å². The third kappa shape index (κ3) is 3.58. The van der Waals surface area contributed by atoms with Gasteiger partial charge in [0.15, 0.2) is 0 Å². The molecule has 1 saturated heterocycles. The number of nitrogens with zero attached hydrogens (tertiary/aromatic N) is 1. The predicted molar refractivity (Wildman–Crippen MR) is 113 cm³/mol. The van der Waals surface area contributed by atoms with E-state index in [2.05, 4.69) is 0 Å². The Morgan fingerprint density at radius 2 is 1.50 bits per heavy atom. The largest absolute Gasteiger partial charge is 0.495 e. The third-order valence-corrected chi connectivity index (χ3v) is 5.99. The molecule has 0 unspecified atom stereocenters. The number of ether oxygens (including phenoxy) is 2. The molecule has 0 N–H and O–H groups in total. The van der Waals surface area contributed by atoms with Crippen LogP contribution in [0, 0.1) is 0 Å². The van der Waals surface area contributed by atoms with Crippen molar-refractivity contribution in [1.82, 2.24) is 0 Å². The lowest BCUT2D eigenvalue weighted by molar-refractivity contribution is -0.117. The molecule has 1 heterocycles. The van der Waals surface area contributed by atoms with Crippen LogP contribution in [0.25, 0.3) is 0 Å². The topological polar surface area (TPSA) is 38.8 Å². The molecule has 4 nitrogen and oxygen atoms in total. The molecular formula is C23H21NO3S. The van der Waals surface area contributed by atoms with Crippen LogP contribution in [0.2, 0.25) is 0 Å². The fourth-order valence-corrected chi connectivity index (χ4v) is 4.52. The molecule has 1 aliphatic heterocycles. The Hall–Kier alpha value is -2.92. The maximum absolute atomic E-state index is 12.9. The van der Waals surface area contributed by atoms with Crippen LogP contribution in [-0.4, -0.2) is 18.3 Å². The smallest absolute Gasteiger partial charge is 0.241 e. The van der Waals surface area contributed by atoms with Crippen molar-refractivity contribution in [2.45, 2.75) is 17.5 Å². The zero-order valence-corrected chi connectivity index (χ0v) is 16.6. The van der Waals surface area contributed by atoms with Crippen molar-refractivity contribution < 1.29 is 14.3 Å². The van der Waals surface area contributed by atoms with Crippen molar-refractivity contribution in [1.29, 1.82) is 0 Å². The summed E-state index contributed by atoms with van der Waals surface area (Å²) in [5.41, 5.74) is 1.84. The monoisotopic (exact) mass is 391 g/mol. The molecule has 1 aliphatic rings. The van der Waals surface area contributed by atoms with Gasteiger partial charge in [-0.15, -0.1) is 11.8 Å². The zero-order chi connectivity index (χ0) is 19.5. The van der Waals surface area contributed by atoms with E-state index in [1.807, 2.05) is 90.7 Å². The van der Waals surface area contributed by atoms with Crippen LogP contribution in [0.4, 0.5) is 5.69 Å². The van der Waals surface area contributed by atoms with Gasteiger partial charge in [-0.1, -0.05) is 42.5 Å². The molecule has 0 radical (unpaired) electrons. The summed E-state index contributed by atoms with van der Waals surface area (Å²) in [5.74, 6) is 2.34. The minimum atomic E-state index is -0.116. The highest BCUT2D eigenvalue weighted by molar-refractivity contribution is 8.01. The second-order valence-electron chi connectivity index (χ2n) is 6.49. The molecule has 1 amide bonds. The van der Waals surface area contributed by atoms with Crippen LogP contribution >= 0.6 is 11.8 Å². The van der Waals surface area contributed by atoms with Gasteiger partial charge in [0.05, 0.1) is 18.0 Å². The van der Waals surface area contributed by atoms with Crippen molar-refractivity contribution in [3.63, 3.8) is 0 Å². The van der Waals surface area contributed by atoms with Gasteiger partial charge in [0.1, 0.15) is 22.6 Å². The number of carbonyl (C=O) groups is 1. The van der Waals surface area contributed by atoms with Crippen molar-refractivity contribution in [2.24, 2.45) is 0 Å². The van der Waals surface area contributed by atoms with E-state index in [1.54, 1.807) is 18.9 Å². The summed E-state index contributed by atoms with van der Waals surface area (Å²) >= 11 is 1.64. The van der Waals surface area contributed by atoms with Gasteiger partial charge in [-0.05, 0) is 48.9 Å². The summed E-state index contributed by atoms with van der Waals surface area (Å²) < 4.78 is 11.4. The van der Waals surface area contributed by atoms with Crippen LogP contribution in [0.15, 0.2) is 78.9 Å². The van der Waals surface area contributed by atoms with Crippen molar-refractivity contribution in [3.05, 3.63) is 84.4 Å². The highest BCUT2D eigenvalue weighted by Crippen LogP contribution is 2.48. The van der Waals surface area contributed by atoms with E-state index in [1.165, 1.54) is 0 Å². The van der Waals surface area contributed by atoms with Gasteiger partial charge < -0.3 is 9.47 Å². The first-order chi connectivity index (χ1) is 13.7. The first kappa shape index (κ1) is 18.4. The molecule has 2 atom stereocenters. The Bertz CT molecular complexity index is 959. The minimum Gasteiger partial charge on any atom is -0.495 e. The minimum absolute atomic E-state index is 0.0871. The molecule has 28 heavy (non-hydrogen) atoms. The van der Waals surface area contributed by atoms with E-state index in [9.17, 15) is 4.79 Å². The number of rotatable bonds is 5. The number of anilines is 1. The molecule has 5 heteroatoms. The Labute approximate surface area is 169 Å². The molecule has 3 aromatic rings. The normalized spacial score (nSPS) is 18.9. The molecule has 4 rings (SSSR count). The van der Waals surface area contributed by atoms with Gasteiger partial charge in [-0.2, -0.15) is 0 Å². The number of carbonyl (C=O) groups excluding carboxylic acids is 1. The maximum atomic E-state index is 12.9. The summed E-state index contributed by atoms with van der Waals surface area (Å²) in [6.45, 7) is 1.95. The number of benzene rings is 3. The average molecular weight is 391 g/mol. The number of amides is 1. The molecule has 0 bridgehead atoms. The molecule has 0 aliphatic carbocycles. The van der Waals surface area contributed by atoms with Crippen LogP contribution in [-0.2, 0) is 4.79 Å².